The summed E-state index contributed by atoms with van der Waals surface area (Å²) in [6.45, 7) is 7.04. The van der Waals surface area contributed by atoms with Crippen LogP contribution >= 0.6 is 0 Å². The van der Waals surface area contributed by atoms with Crippen LogP contribution in [0.4, 0.5) is 5.69 Å². The largest absolute Gasteiger partial charge is 0.457 e. The number of ether oxygens (including phenoxy) is 1. The monoisotopic (exact) mass is 312 g/mol. The van der Waals surface area contributed by atoms with Crippen LogP contribution < -0.4 is 4.74 Å². The van der Waals surface area contributed by atoms with Gasteiger partial charge in [-0.05, 0) is 61.7 Å². The SMILES string of the molecule is CCN(C)C=Nc1cc(C)c(Oc2cccc(CO)c2)cc1C. The molecule has 0 aliphatic rings. The van der Waals surface area contributed by atoms with E-state index in [1.807, 2.05) is 68.5 Å². The molecule has 0 saturated carbocycles. The molecule has 0 aliphatic carbocycles. The minimum atomic E-state index is 0.00775. The fourth-order valence-electron chi connectivity index (χ4n) is 2.10. The Hall–Kier alpha value is -2.33. The number of aliphatic imine (C=N–C) groups is 1. The Morgan fingerprint density at radius 1 is 1.17 bits per heavy atom. The average molecular weight is 312 g/mol. The van der Waals surface area contributed by atoms with Crippen molar-refractivity contribution in [3.05, 3.63) is 53.1 Å². The molecule has 23 heavy (non-hydrogen) atoms. The third-order valence-corrected chi connectivity index (χ3v) is 3.70. The fraction of sp³-hybridized carbons (Fsp3) is 0.316. The van der Waals surface area contributed by atoms with Crippen LogP contribution in [0.25, 0.3) is 0 Å². The highest BCUT2D eigenvalue weighted by Crippen LogP contribution is 2.31. The van der Waals surface area contributed by atoms with Crippen LogP contribution in [0.2, 0.25) is 0 Å². The first-order valence-corrected chi connectivity index (χ1v) is 7.76. The van der Waals surface area contributed by atoms with Crippen LogP contribution in [0.5, 0.6) is 11.5 Å². The third-order valence-electron chi connectivity index (χ3n) is 3.70. The Morgan fingerprint density at radius 3 is 2.65 bits per heavy atom. The first-order valence-electron chi connectivity index (χ1n) is 7.76. The van der Waals surface area contributed by atoms with Gasteiger partial charge in [-0.3, -0.25) is 0 Å². The van der Waals surface area contributed by atoms with E-state index in [1.54, 1.807) is 0 Å². The topological polar surface area (TPSA) is 45.1 Å². The number of aliphatic hydroxyl groups is 1. The van der Waals surface area contributed by atoms with E-state index in [0.717, 1.165) is 40.4 Å². The molecular formula is C19H24N2O2. The quantitative estimate of drug-likeness (QED) is 0.642. The number of aryl methyl sites for hydroxylation is 2. The van der Waals surface area contributed by atoms with Crippen LogP contribution in [0, 0.1) is 13.8 Å². The van der Waals surface area contributed by atoms with E-state index in [-0.39, 0.29) is 6.61 Å². The summed E-state index contributed by atoms with van der Waals surface area (Å²) in [7, 11) is 2.00. The van der Waals surface area contributed by atoms with Gasteiger partial charge in [0.05, 0.1) is 18.6 Å². The molecule has 1 N–H and O–H groups in total. The highest BCUT2D eigenvalue weighted by Gasteiger charge is 2.07. The van der Waals surface area contributed by atoms with Crippen LogP contribution in [0.1, 0.15) is 23.6 Å². The zero-order valence-corrected chi connectivity index (χ0v) is 14.2. The van der Waals surface area contributed by atoms with E-state index in [4.69, 9.17) is 4.74 Å². The number of hydrogen-bond donors (Lipinski definition) is 1. The molecule has 0 saturated heterocycles. The lowest BCUT2D eigenvalue weighted by molar-refractivity contribution is 0.281. The fourth-order valence-corrected chi connectivity index (χ4v) is 2.10. The highest BCUT2D eigenvalue weighted by molar-refractivity contribution is 5.64. The van der Waals surface area contributed by atoms with E-state index < -0.39 is 0 Å². The predicted octanol–water partition coefficient (Wildman–Crippen LogP) is 4.20. The van der Waals surface area contributed by atoms with Crippen molar-refractivity contribution in [2.45, 2.75) is 27.4 Å². The maximum absolute atomic E-state index is 9.21. The van der Waals surface area contributed by atoms with Crippen molar-refractivity contribution in [3.8, 4) is 11.5 Å². The first kappa shape index (κ1) is 17.0. The van der Waals surface area contributed by atoms with Crippen LogP contribution in [-0.2, 0) is 6.61 Å². The lowest BCUT2D eigenvalue weighted by atomic mass is 10.1. The van der Waals surface area contributed by atoms with E-state index in [2.05, 4.69) is 11.9 Å². The second-order valence-electron chi connectivity index (χ2n) is 5.63. The first-order chi connectivity index (χ1) is 11.0. The smallest absolute Gasteiger partial charge is 0.130 e. The number of hydrogen-bond acceptors (Lipinski definition) is 3. The van der Waals surface area contributed by atoms with Crippen molar-refractivity contribution < 1.29 is 9.84 Å². The van der Waals surface area contributed by atoms with E-state index in [1.165, 1.54) is 0 Å². The number of rotatable bonds is 6. The Morgan fingerprint density at radius 2 is 1.96 bits per heavy atom. The van der Waals surface area contributed by atoms with Gasteiger partial charge in [0.15, 0.2) is 0 Å². The summed E-state index contributed by atoms with van der Waals surface area (Å²) in [5.41, 5.74) is 3.86. The van der Waals surface area contributed by atoms with Gasteiger partial charge in [-0.25, -0.2) is 4.99 Å². The maximum atomic E-state index is 9.21. The lowest BCUT2D eigenvalue weighted by Crippen LogP contribution is -2.14. The molecule has 0 aliphatic heterocycles. The van der Waals surface area contributed by atoms with Gasteiger partial charge >= 0.3 is 0 Å². The molecular weight excluding hydrogens is 288 g/mol. The average Bonchev–Trinajstić information content (AvgIpc) is 2.56. The molecule has 4 nitrogen and oxygen atoms in total. The second-order valence-corrected chi connectivity index (χ2v) is 5.63. The molecule has 122 valence electrons. The van der Waals surface area contributed by atoms with Crippen molar-refractivity contribution in [3.63, 3.8) is 0 Å². The zero-order chi connectivity index (χ0) is 16.8. The minimum absolute atomic E-state index is 0.00775. The van der Waals surface area contributed by atoms with Crippen molar-refractivity contribution >= 4 is 12.0 Å². The van der Waals surface area contributed by atoms with Gasteiger partial charge < -0.3 is 14.7 Å². The Bertz CT molecular complexity index is 696. The number of nitrogens with zero attached hydrogens (tertiary/aromatic N) is 2. The molecule has 2 aromatic rings. The Labute approximate surface area is 138 Å². The molecule has 2 aromatic carbocycles. The van der Waals surface area contributed by atoms with Gasteiger partial charge in [-0.2, -0.15) is 0 Å². The van der Waals surface area contributed by atoms with E-state index >= 15 is 0 Å². The maximum Gasteiger partial charge on any atom is 0.130 e. The van der Waals surface area contributed by atoms with Crippen LogP contribution in [0.3, 0.4) is 0 Å². The Balaban J connectivity index is 2.24. The van der Waals surface area contributed by atoms with Crippen molar-refractivity contribution in [2.24, 2.45) is 4.99 Å². The minimum Gasteiger partial charge on any atom is -0.457 e. The van der Waals surface area contributed by atoms with Gasteiger partial charge in [0.25, 0.3) is 0 Å². The molecule has 0 unspecified atom stereocenters. The summed E-state index contributed by atoms with van der Waals surface area (Å²) < 4.78 is 5.96. The molecule has 4 heteroatoms. The second kappa shape index (κ2) is 7.79. The van der Waals surface area contributed by atoms with Crippen molar-refractivity contribution in [1.82, 2.24) is 4.90 Å². The van der Waals surface area contributed by atoms with Gasteiger partial charge in [-0.1, -0.05) is 12.1 Å². The molecule has 0 bridgehead atoms. The van der Waals surface area contributed by atoms with Gasteiger partial charge in [0, 0.05) is 13.6 Å². The Kier molecular flexibility index (Phi) is 5.77. The normalized spacial score (nSPS) is 11.0. The van der Waals surface area contributed by atoms with Crippen LogP contribution in [0.15, 0.2) is 41.4 Å². The third kappa shape index (κ3) is 4.57. The van der Waals surface area contributed by atoms with Gasteiger partial charge in [0.2, 0.25) is 0 Å². The molecule has 0 spiro atoms. The molecule has 0 aromatic heterocycles. The summed E-state index contributed by atoms with van der Waals surface area (Å²) >= 11 is 0. The van der Waals surface area contributed by atoms with Crippen molar-refractivity contribution in [1.29, 1.82) is 0 Å². The zero-order valence-electron chi connectivity index (χ0n) is 14.2. The summed E-state index contributed by atoms with van der Waals surface area (Å²) in [6.07, 6.45) is 1.84. The summed E-state index contributed by atoms with van der Waals surface area (Å²) in [5, 5.41) is 9.21. The molecule has 2 rings (SSSR count). The van der Waals surface area contributed by atoms with Crippen LogP contribution in [-0.4, -0.2) is 29.9 Å². The lowest BCUT2D eigenvalue weighted by Gasteiger charge is -2.13. The van der Waals surface area contributed by atoms with Crippen molar-refractivity contribution in [2.75, 3.05) is 13.6 Å². The summed E-state index contributed by atoms with van der Waals surface area (Å²) in [4.78, 5) is 6.55. The molecule has 0 radical (unpaired) electrons. The molecule has 0 fully saturated rings. The standard InChI is InChI=1S/C19H24N2O2/c1-5-21(4)13-20-18-9-15(3)19(10-14(18)2)23-17-8-6-7-16(11-17)12-22/h6-11,13,22H,5,12H2,1-4H3. The molecule has 0 atom stereocenters. The predicted molar refractivity (Wildman–Crippen MR) is 94.8 cm³/mol. The van der Waals surface area contributed by atoms with Gasteiger partial charge in [0.1, 0.15) is 11.5 Å². The summed E-state index contributed by atoms with van der Waals surface area (Å²) in [5.74, 6) is 1.53. The molecule has 0 heterocycles. The van der Waals surface area contributed by atoms with E-state index in [0.29, 0.717) is 0 Å². The number of benzene rings is 2. The molecule has 0 amide bonds. The van der Waals surface area contributed by atoms with Gasteiger partial charge in [-0.15, -0.1) is 0 Å². The summed E-state index contributed by atoms with van der Waals surface area (Å²) in [6, 6.07) is 11.5. The number of aliphatic hydroxyl groups excluding tert-OH is 1. The van der Waals surface area contributed by atoms with E-state index in [9.17, 15) is 5.11 Å². The highest BCUT2D eigenvalue weighted by atomic mass is 16.5.